The first-order valence-corrected chi connectivity index (χ1v) is 12.9. The Morgan fingerprint density at radius 2 is 1.97 bits per heavy atom. The average molecular weight is 525 g/mol. The van der Waals surface area contributed by atoms with E-state index in [1.54, 1.807) is 29.5 Å². The molecular formula is C27H25FN2O6S. The van der Waals surface area contributed by atoms with Crippen molar-refractivity contribution in [2.24, 2.45) is 0 Å². The van der Waals surface area contributed by atoms with Crippen LogP contribution in [-0.2, 0) is 19.1 Å². The molecule has 6 rings (SSSR count). The molecule has 0 aliphatic carbocycles. The number of halogens is 1. The highest BCUT2D eigenvalue weighted by molar-refractivity contribution is 7.19. The number of carbonyl (C=O) groups excluding carboxylic acids is 2. The van der Waals surface area contributed by atoms with E-state index in [2.05, 4.69) is 22.9 Å². The summed E-state index contributed by atoms with van der Waals surface area (Å²) in [6, 6.07) is 14.6. The van der Waals surface area contributed by atoms with E-state index < -0.39 is 24.0 Å². The third-order valence-electron chi connectivity index (χ3n) is 7.10. The number of aromatic nitrogens is 1. The lowest BCUT2D eigenvalue weighted by atomic mass is 9.90. The Labute approximate surface area is 215 Å². The van der Waals surface area contributed by atoms with Gasteiger partial charge in [0.25, 0.3) is 0 Å². The molecule has 2 saturated heterocycles. The maximum absolute atomic E-state index is 13.6. The quantitative estimate of drug-likeness (QED) is 0.286. The Hall–Kier alpha value is -3.63. The summed E-state index contributed by atoms with van der Waals surface area (Å²) < 4.78 is 30.4. The van der Waals surface area contributed by atoms with Gasteiger partial charge < -0.3 is 29.2 Å². The van der Waals surface area contributed by atoms with Crippen LogP contribution in [0.3, 0.4) is 0 Å². The minimum atomic E-state index is -2.24. The van der Waals surface area contributed by atoms with Crippen molar-refractivity contribution >= 4 is 50.1 Å². The van der Waals surface area contributed by atoms with Crippen LogP contribution in [0.1, 0.15) is 37.5 Å². The van der Waals surface area contributed by atoms with E-state index in [-0.39, 0.29) is 11.9 Å². The van der Waals surface area contributed by atoms with Gasteiger partial charge in [0.15, 0.2) is 6.10 Å². The third-order valence-corrected chi connectivity index (χ3v) is 8.36. The second-order valence-corrected chi connectivity index (χ2v) is 10.7. The SMILES string of the molecule is C[C@H](O)C1(Oc2cccc3[nH]c(N4CC[C@H](c5cc6ccc(F)cc6s5)C[C@@H]4C)cc23)OC(=O)C(=O)O1. The van der Waals surface area contributed by atoms with Gasteiger partial charge in [0.1, 0.15) is 17.4 Å². The number of hydrogen-bond acceptors (Lipinski definition) is 8. The van der Waals surface area contributed by atoms with Crippen LogP contribution in [0.25, 0.3) is 21.0 Å². The topological polar surface area (TPSA) is 101 Å². The van der Waals surface area contributed by atoms with E-state index in [0.29, 0.717) is 17.1 Å². The number of hydrogen-bond donors (Lipinski definition) is 2. The minimum Gasteiger partial charge on any atom is -0.418 e. The molecule has 192 valence electrons. The normalized spacial score (nSPS) is 22.3. The molecule has 2 aliphatic heterocycles. The zero-order valence-corrected chi connectivity index (χ0v) is 21.0. The lowest BCUT2D eigenvalue weighted by molar-refractivity contribution is -0.313. The summed E-state index contributed by atoms with van der Waals surface area (Å²) >= 11 is 1.67. The highest BCUT2D eigenvalue weighted by atomic mass is 32.1. The number of cyclic esters (lactones) is 2. The predicted octanol–water partition coefficient (Wildman–Crippen LogP) is 4.81. The summed E-state index contributed by atoms with van der Waals surface area (Å²) in [6.07, 6.45) is 0.488. The van der Waals surface area contributed by atoms with E-state index in [9.17, 15) is 19.1 Å². The van der Waals surface area contributed by atoms with Crippen LogP contribution in [-0.4, -0.2) is 46.7 Å². The number of fused-ring (bicyclic) bond motifs is 2. The molecule has 37 heavy (non-hydrogen) atoms. The van der Waals surface area contributed by atoms with Crippen molar-refractivity contribution in [2.75, 3.05) is 11.4 Å². The molecule has 0 radical (unpaired) electrons. The van der Waals surface area contributed by atoms with Gasteiger partial charge in [-0.05, 0) is 74.4 Å². The summed E-state index contributed by atoms with van der Waals surface area (Å²) in [5.74, 6) is -3.29. The number of esters is 2. The van der Waals surface area contributed by atoms with Crippen LogP contribution in [0.15, 0.2) is 48.5 Å². The summed E-state index contributed by atoms with van der Waals surface area (Å²) in [5.41, 5.74) is 0.782. The number of ether oxygens (including phenoxy) is 3. The fourth-order valence-electron chi connectivity index (χ4n) is 5.18. The highest BCUT2D eigenvalue weighted by Gasteiger charge is 2.56. The number of H-pyrrole nitrogens is 1. The molecule has 2 aromatic carbocycles. The molecule has 0 spiro atoms. The molecule has 4 aromatic rings. The van der Waals surface area contributed by atoms with Crippen molar-refractivity contribution in [3.05, 3.63) is 59.2 Å². The Morgan fingerprint density at radius 3 is 2.70 bits per heavy atom. The van der Waals surface area contributed by atoms with Crippen LogP contribution in [0.5, 0.6) is 5.75 Å². The van der Waals surface area contributed by atoms with Crippen molar-refractivity contribution in [1.82, 2.24) is 4.98 Å². The number of aliphatic hydroxyl groups is 1. The van der Waals surface area contributed by atoms with E-state index in [0.717, 1.165) is 40.8 Å². The Kier molecular flexibility index (Phi) is 5.61. The Morgan fingerprint density at radius 1 is 1.19 bits per heavy atom. The van der Waals surface area contributed by atoms with E-state index in [4.69, 9.17) is 14.2 Å². The second kappa shape index (κ2) is 8.74. The molecule has 3 atom stereocenters. The van der Waals surface area contributed by atoms with Gasteiger partial charge in [-0.15, -0.1) is 11.3 Å². The fourth-order valence-corrected chi connectivity index (χ4v) is 6.42. The minimum absolute atomic E-state index is 0.213. The summed E-state index contributed by atoms with van der Waals surface area (Å²) in [4.78, 5) is 30.4. The summed E-state index contributed by atoms with van der Waals surface area (Å²) in [6.45, 7) is 4.32. The number of thiophene rings is 1. The van der Waals surface area contributed by atoms with E-state index >= 15 is 0 Å². The van der Waals surface area contributed by atoms with Gasteiger partial charge in [0.2, 0.25) is 0 Å². The number of aliphatic hydroxyl groups excluding tert-OH is 1. The maximum atomic E-state index is 13.6. The van der Waals surface area contributed by atoms with Crippen molar-refractivity contribution in [2.45, 2.75) is 50.7 Å². The average Bonchev–Trinajstić information content (AvgIpc) is 3.55. The molecule has 0 unspecified atom stereocenters. The Bertz CT molecular complexity index is 1510. The molecule has 10 heteroatoms. The van der Waals surface area contributed by atoms with Crippen LogP contribution >= 0.6 is 11.3 Å². The summed E-state index contributed by atoms with van der Waals surface area (Å²) in [7, 11) is 0. The number of rotatable bonds is 5. The van der Waals surface area contributed by atoms with E-state index in [1.807, 2.05) is 18.2 Å². The first kappa shape index (κ1) is 23.7. The van der Waals surface area contributed by atoms with Crippen molar-refractivity contribution in [3.8, 4) is 5.75 Å². The lowest BCUT2D eigenvalue weighted by Gasteiger charge is -2.38. The van der Waals surface area contributed by atoms with Crippen LogP contribution in [0, 0.1) is 5.82 Å². The van der Waals surface area contributed by atoms with E-state index in [1.165, 1.54) is 17.9 Å². The van der Waals surface area contributed by atoms with Gasteiger partial charge >= 0.3 is 17.9 Å². The van der Waals surface area contributed by atoms with Gasteiger partial charge in [0.05, 0.1) is 5.52 Å². The highest BCUT2D eigenvalue weighted by Crippen LogP contribution is 2.41. The molecule has 2 aromatic heterocycles. The number of piperidine rings is 1. The first-order valence-electron chi connectivity index (χ1n) is 12.1. The molecule has 0 bridgehead atoms. The predicted molar refractivity (Wildman–Crippen MR) is 136 cm³/mol. The largest absolute Gasteiger partial charge is 0.449 e. The zero-order valence-electron chi connectivity index (χ0n) is 20.2. The fraction of sp³-hybridized carbons (Fsp3) is 0.333. The molecule has 0 saturated carbocycles. The number of nitrogens with zero attached hydrogens (tertiary/aromatic N) is 1. The third kappa shape index (κ3) is 4.10. The molecule has 4 heterocycles. The molecular weight excluding hydrogens is 499 g/mol. The molecule has 2 N–H and O–H groups in total. The maximum Gasteiger partial charge on any atom is 0.449 e. The molecule has 0 amide bonds. The molecule has 8 nitrogen and oxygen atoms in total. The van der Waals surface area contributed by atoms with Crippen LogP contribution < -0.4 is 9.64 Å². The summed E-state index contributed by atoms with van der Waals surface area (Å²) in [5, 5.41) is 11.9. The van der Waals surface area contributed by atoms with Crippen molar-refractivity contribution < 1.29 is 33.3 Å². The van der Waals surface area contributed by atoms with Crippen molar-refractivity contribution in [1.29, 1.82) is 0 Å². The Balaban J connectivity index is 1.24. The van der Waals surface area contributed by atoms with Crippen LogP contribution in [0.4, 0.5) is 10.2 Å². The smallest absolute Gasteiger partial charge is 0.418 e. The molecule has 2 aliphatic rings. The van der Waals surface area contributed by atoms with Gasteiger partial charge in [0, 0.05) is 27.5 Å². The number of nitrogens with one attached hydrogen (secondary N) is 1. The number of benzene rings is 2. The number of aromatic amines is 1. The monoisotopic (exact) mass is 524 g/mol. The van der Waals surface area contributed by atoms with Gasteiger partial charge in [-0.3, -0.25) is 0 Å². The standard InChI is InChI=1S/C27H25FN2O6S/c1-14-10-17(22-11-16-6-7-18(28)12-23(16)37-22)8-9-30(14)24-13-19-20(29-24)4-3-5-21(19)34-27(15(2)31)35-25(32)26(33)36-27/h3-7,11-15,17,29,31H,8-10H2,1-2H3/t14-,15-,17-/m0/s1. The van der Waals surface area contributed by atoms with Crippen LogP contribution in [0.2, 0.25) is 0 Å². The first-order chi connectivity index (χ1) is 17.7. The zero-order chi connectivity index (χ0) is 25.9. The lowest BCUT2D eigenvalue weighted by Crippen LogP contribution is -2.47. The number of anilines is 1. The molecule has 2 fully saturated rings. The van der Waals surface area contributed by atoms with Gasteiger partial charge in [-0.2, -0.15) is 0 Å². The van der Waals surface area contributed by atoms with Gasteiger partial charge in [-0.25, -0.2) is 14.0 Å². The second-order valence-electron chi connectivity index (χ2n) is 9.63. The number of carbonyl (C=O) groups is 2. The van der Waals surface area contributed by atoms with Gasteiger partial charge in [-0.1, -0.05) is 12.1 Å². The van der Waals surface area contributed by atoms with Crippen molar-refractivity contribution in [3.63, 3.8) is 0 Å².